The summed E-state index contributed by atoms with van der Waals surface area (Å²) in [4.78, 5) is 53.4. The van der Waals surface area contributed by atoms with E-state index in [0.717, 1.165) is 5.69 Å². The third kappa shape index (κ3) is 9.94. The minimum Gasteiger partial charge on any atom is -0.388 e. The number of hydrogen-bond acceptors (Lipinski definition) is 9. The van der Waals surface area contributed by atoms with Gasteiger partial charge in [0, 0.05) is 88.4 Å². The summed E-state index contributed by atoms with van der Waals surface area (Å²) in [5.41, 5.74) is 6.99. The molecule has 1 aromatic carbocycles. The minimum atomic E-state index is -0.587. The number of aryl methyl sites for hydroxylation is 3. The fraction of sp³-hybridized carbons (Fsp3) is 0.310. The summed E-state index contributed by atoms with van der Waals surface area (Å²) in [7, 11) is 4.61. The molecule has 262 valence electrons. The highest BCUT2D eigenvalue weighted by molar-refractivity contribution is 6.18. The van der Waals surface area contributed by atoms with Crippen molar-refractivity contribution in [3.8, 4) is 0 Å². The lowest BCUT2D eigenvalue weighted by Gasteiger charge is -2.22. The Balaban J connectivity index is 0.00000650. The molecule has 0 saturated heterocycles. The smallest absolute Gasteiger partial charge is 0.275 e. The minimum absolute atomic E-state index is 0. The number of nitrogens with zero attached hydrogens (tertiary/aromatic N) is 7. The van der Waals surface area contributed by atoms with E-state index in [4.69, 9.17) is 34.3 Å². The summed E-state index contributed by atoms with van der Waals surface area (Å²) in [5, 5.41) is 30.4. The largest absolute Gasteiger partial charge is 0.388 e. The molecule has 4 rings (SSSR count). The third-order valence-corrected chi connectivity index (χ3v) is 7.28. The zero-order valence-corrected chi connectivity index (χ0v) is 29.1. The third-order valence-electron chi connectivity index (χ3n) is 6.95. The molecule has 0 radical (unpaired) electrons. The summed E-state index contributed by atoms with van der Waals surface area (Å²) in [5.74, 6) is -0.846. The molecule has 3 heterocycles. The number of halogens is 3. The first-order valence-electron chi connectivity index (χ1n) is 14.5. The van der Waals surface area contributed by atoms with Crippen LogP contribution < -0.4 is 31.9 Å². The number of anilines is 4. The number of amides is 4. The van der Waals surface area contributed by atoms with Crippen LogP contribution in [-0.2, 0) is 21.1 Å². The van der Waals surface area contributed by atoms with Crippen LogP contribution in [-0.4, -0.2) is 90.2 Å². The second-order valence-electron chi connectivity index (χ2n) is 10.4. The van der Waals surface area contributed by atoms with Crippen LogP contribution in [0.15, 0.2) is 42.5 Å². The molecule has 7 N–H and O–H groups in total. The number of rotatable bonds is 15. The summed E-state index contributed by atoms with van der Waals surface area (Å²) >= 11 is 11.8. The Morgan fingerprint density at radius 3 is 1.55 bits per heavy atom. The predicted octanol–water partition coefficient (Wildman–Crippen LogP) is 2.41. The Kier molecular flexibility index (Phi) is 13.5. The Hall–Kier alpha value is -5.13. The molecule has 0 bridgehead atoms. The lowest BCUT2D eigenvalue weighted by atomic mass is 10.2. The Morgan fingerprint density at radius 2 is 1.14 bits per heavy atom. The van der Waals surface area contributed by atoms with Crippen molar-refractivity contribution in [2.24, 2.45) is 26.9 Å². The van der Waals surface area contributed by atoms with Crippen molar-refractivity contribution in [3.63, 3.8) is 0 Å². The summed E-state index contributed by atoms with van der Waals surface area (Å²) in [6, 6.07) is 11.1. The van der Waals surface area contributed by atoms with Crippen LogP contribution in [0.1, 0.15) is 48.2 Å². The quantitative estimate of drug-likeness (QED) is 0.0598. The number of carbonyl (C=O) groups is 4. The lowest BCUT2D eigenvalue weighted by Crippen LogP contribution is -2.29. The van der Waals surface area contributed by atoms with Gasteiger partial charge in [0.05, 0.1) is 5.84 Å². The van der Waals surface area contributed by atoms with Gasteiger partial charge in [-0.2, -0.15) is 15.3 Å². The molecule has 0 spiro atoms. The molecule has 20 heteroatoms. The maximum atomic E-state index is 13.1. The van der Waals surface area contributed by atoms with Gasteiger partial charge in [0.1, 0.15) is 17.1 Å². The second kappa shape index (κ2) is 17.3. The van der Waals surface area contributed by atoms with E-state index in [1.165, 1.54) is 39.3 Å². The van der Waals surface area contributed by atoms with Gasteiger partial charge in [0.15, 0.2) is 17.5 Å². The molecule has 0 aliphatic heterocycles. The Morgan fingerprint density at radius 1 is 0.735 bits per heavy atom. The number of benzene rings is 1. The molecule has 49 heavy (non-hydrogen) atoms. The molecular formula is C29H36Cl3N13O4. The molecule has 0 unspecified atom stereocenters. The maximum absolute atomic E-state index is 13.1. The standard InChI is InChI=1S/C29H35Cl2N13O4.ClH/c1-41-19(27(46)34-11-8-22(32)33)14-24(39-41)36-29(48)21-16-25(40-43(21)3)37-28(47)20-15-23(38-42(20)2)35-26(45)17-4-6-18(7-5-17)44(12-9-30)13-10-31;/h4-7,14-16H,8-13H2,1-3H3,(H3,32,33)(H,34,46)(H,35,38,45)(H,36,39,48)(H,37,40,47);1H. The van der Waals surface area contributed by atoms with E-state index < -0.39 is 23.6 Å². The zero-order valence-electron chi connectivity index (χ0n) is 26.8. The molecule has 17 nitrogen and oxygen atoms in total. The van der Waals surface area contributed by atoms with Crippen LogP contribution in [0, 0.1) is 5.41 Å². The van der Waals surface area contributed by atoms with Gasteiger partial charge in [0.25, 0.3) is 23.6 Å². The molecular weight excluding hydrogens is 701 g/mol. The molecule has 4 aromatic rings. The number of nitrogens with one attached hydrogen (secondary N) is 5. The van der Waals surface area contributed by atoms with E-state index in [2.05, 4.69) is 36.6 Å². The normalized spacial score (nSPS) is 10.6. The van der Waals surface area contributed by atoms with Gasteiger partial charge >= 0.3 is 0 Å². The van der Waals surface area contributed by atoms with E-state index in [1.807, 2.05) is 4.90 Å². The Labute approximate surface area is 297 Å². The van der Waals surface area contributed by atoms with Crippen molar-refractivity contribution < 1.29 is 19.2 Å². The maximum Gasteiger partial charge on any atom is 0.275 e. The highest BCUT2D eigenvalue weighted by atomic mass is 35.5. The monoisotopic (exact) mass is 735 g/mol. The van der Waals surface area contributed by atoms with Crippen molar-refractivity contribution >= 4 is 88.2 Å². The number of amidine groups is 1. The number of alkyl halides is 2. The SMILES string of the molecule is Cl.Cn1nc(NC(=O)c2cc(NC(=O)c3cc(NC(=O)c4ccc(N(CCCl)CCCl)cc4)nn3C)nn2C)cc1C(=O)NCCC(=N)N. The average molecular weight is 737 g/mol. The summed E-state index contributed by atoms with van der Waals surface area (Å²) in [6.45, 7) is 1.41. The van der Waals surface area contributed by atoms with Gasteiger partial charge in [-0.1, -0.05) is 0 Å². The van der Waals surface area contributed by atoms with Crippen molar-refractivity contribution in [1.29, 1.82) is 5.41 Å². The molecule has 0 fully saturated rings. The van der Waals surface area contributed by atoms with Gasteiger partial charge < -0.3 is 31.9 Å². The van der Waals surface area contributed by atoms with Crippen molar-refractivity contribution in [2.45, 2.75) is 6.42 Å². The number of carbonyl (C=O) groups excluding carboxylic acids is 4. The van der Waals surface area contributed by atoms with Crippen LogP contribution >= 0.6 is 35.6 Å². The Bertz CT molecular complexity index is 1810. The molecule has 0 atom stereocenters. The van der Waals surface area contributed by atoms with E-state index in [1.54, 1.807) is 38.4 Å². The molecule has 4 amide bonds. The van der Waals surface area contributed by atoms with Crippen LogP contribution in [0.3, 0.4) is 0 Å². The number of hydrogen-bond donors (Lipinski definition) is 6. The molecule has 0 aliphatic carbocycles. The first-order chi connectivity index (χ1) is 22.9. The highest BCUT2D eigenvalue weighted by Gasteiger charge is 2.21. The summed E-state index contributed by atoms with van der Waals surface area (Å²) in [6.07, 6.45) is 0.200. The van der Waals surface area contributed by atoms with Crippen molar-refractivity contribution in [1.82, 2.24) is 34.7 Å². The van der Waals surface area contributed by atoms with Gasteiger partial charge in [-0.25, -0.2) is 0 Å². The predicted molar refractivity (Wildman–Crippen MR) is 190 cm³/mol. The van der Waals surface area contributed by atoms with Gasteiger partial charge in [-0.3, -0.25) is 38.6 Å². The van der Waals surface area contributed by atoms with E-state index in [9.17, 15) is 19.2 Å². The van der Waals surface area contributed by atoms with Crippen molar-refractivity contribution in [2.75, 3.05) is 52.2 Å². The van der Waals surface area contributed by atoms with Gasteiger partial charge in [0.2, 0.25) is 0 Å². The van der Waals surface area contributed by atoms with Crippen molar-refractivity contribution in [3.05, 3.63) is 65.1 Å². The first kappa shape index (κ1) is 38.3. The topological polar surface area (TPSA) is 223 Å². The molecule has 0 saturated carbocycles. The first-order valence-corrected chi connectivity index (χ1v) is 15.6. The van der Waals surface area contributed by atoms with Crippen LogP contribution in [0.4, 0.5) is 23.1 Å². The lowest BCUT2D eigenvalue weighted by molar-refractivity contribution is 0.0943. The zero-order chi connectivity index (χ0) is 35.0. The van der Waals surface area contributed by atoms with Crippen LogP contribution in [0.25, 0.3) is 0 Å². The van der Waals surface area contributed by atoms with Crippen LogP contribution in [0.5, 0.6) is 0 Å². The average Bonchev–Trinajstić information content (AvgIpc) is 3.71. The number of aromatic nitrogens is 6. The fourth-order valence-electron chi connectivity index (χ4n) is 4.57. The molecule has 0 aliphatic rings. The van der Waals surface area contributed by atoms with E-state index >= 15 is 0 Å². The fourth-order valence-corrected chi connectivity index (χ4v) is 4.98. The number of nitrogens with two attached hydrogens (primary N) is 1. The highest BCUT2D eigenvalue weighted by Crippen LogP contribution is 2.18. The molecule has 3 aromatic heterocycles. The summed E-state index contributed by atoms with van der Waals surface area (Å²) < 4.78 is 3.87. The van der Waals surface area contributed by atoms with Gasteiger partial charge in [-0.15, -0.1) is 35.6 Å². The second-order valence-corrected chi connectivity index (χ2v) is 11.2. The van der Waals surface area contributed by atoms with E-state index in [0.29, 0.717) is 30.4 Å². The van der Waals surface area contributed by atoms with Gasteiger partial charge in [-0.05, 0) is 24.3 Å². The van der Waals surface area contributed by atoms with Crippen LogP contribution in [0.2, 0.25) is 0 Å². The van der Waals surface area contributed by atoms with E-state index in [-0.39, 0.29) is 65.7 Å².